The molecule has 0 saturated heterocycles. The van der Waals surface area contributed by atoms with Crippen LogP contribution < -0.4 is 5.32 Å². The topological polar surface area (TPSA) is 38.3 Å². The predicted molar refractivity (Wildman–Crippen MR) is 57.0 cm³/mol. The van der Waals surface area contributed by atoms with Gasteiger partial charge < -0.3 is 10.1 Å². The molecular weight excluding hydrogens is 178 g/mol. The van der Waals surface area contributed by atoms with Gasteiger partial charge in [-0.15, -0.1) is 0 Å². The van der Waals surface area contributed by atoms with Crippen molar-refractivity contribution in [2.24, 2.45) is 0 Å². The fourth-order valence-corrected chi connectivity index (χ4v) is 0.993. The maximum atomic E-state index is 10.8. The van der Waals surface area contributed by atoms with E-state index < -0.39 is 0 Å². The number of carbonyl (C=O) groups excluding carboxylic acids is 1. The van der Waals surface area contributed by atoms with E-state index in [4.69, 9.17) is 0 Å². The number of ether oxygens (including phenoxy) is 1. The van der Waals surface area contributed by atoms with Crippen molar-refractivity contribution in [3.63, 3.8) is 0 Å². The van der Waals surface area contributed by atoms with Gasteiger partial charge >= 0.3 is 5.97 Å². The molecule has 0 fully saturated rings. The van der Waals surface area contributed by atoms with E-state index in [-0.39, 0.29) is 5.97 Å². The first-order valence-electron chi connectivity index (χ1n) is 4.30. The Morgan fingerprint density at radius 3 is 2.50 bits per heavy atom. The van der Waals surface area contributed by atoms with E-state index in [1.165, 1.54) is 13.2 Å². The molecule has 0 aromatic heterocycles. The third-order valence-electron chi connectivity index (χ3n) is 1.81. The summed E-state index contributed by atoms with van der Waals surface area (Å²) in [7, 11) is 3.22. The number of hydrogen-bond acceptors (Lipinski definition) is 3. The van der Waals surface area contributed by atoms with Gasteiger partial charge in [0, 0.05) is 18.8 Å². The summed E-state index contributed by atoms with van der Waals surface area (Å²) < 4.78 is 4.48. The molecule has 0 saturated carbocycles. The normalized spacial score (nSPS) is 10.1. The van der Waals surface area contributed by atoms with Crippen LogP contribution in [0.5, 0.6) is 0 Å². The molecular formula is C11H13NO2. The number of rotatable bonds is 3. The number of benzene rings is 1. The fourth-order valence-electron chi connectivity index (χ4n) is 0.993. The van der Waals surface area contributed by atoms with Gasteiger partial charge in [-0.3, -0.25) is 0 Å². The molecule has 1 rings (SSSR count). The maximum absolute atomic E-state index is 10.8. The van der Waals surface area contributed by atoms with Crippen LogP contribution in [0.15, 0.2) is 30.3 Å². The summed E-state index contributed by atoms with van der Waals surface area (Å²) in [5, 5.41) is 3.01. The lowest BCUT2D eigenvalue weighted by Gasteiger charge is -1.99. The minimum Gasteiger partial charge on any atom is -0.466 e. The highest BCUT2D eigenvalue weighted by Crippen LogP contribution is 2.09. The van der Waals surface area contributed by atoms with E-state index >= 15 is 0 Å². The van der Waals surface area contributed by atoms with Crippen LogP contribution >= 0.6 is 0 Å². The fraction of sp³-hybridized carbons (Fsp3) is 0.182. The van der Waals surface area contributed by atoms with Gasteiger partial charge in [-0.25, -0.2) is 4.79 Å². The molecule has 3 nitrogen and oxygen atoms in total. The lowest BCUT2D eigenvalue weighted by atomic mass is 10.2. The summed E-state index contributed by atoms with van der Waals surface area (Å²) in [5.41, 5.74) is 2.01. The molecule has 74 valence electrons. The van der Waals surface area contributed by atoms with E-state index in [0.717, 1.165) is 11.3 Å². The highest BCUT2D eigenvalue weighted by molar-refractivity contribution is 5.86. The number of esters is 1. The van der Waals surface area contributed by atoms with Gasteiger partial charge in [-0.2, -0.15) is 0 Å². The molecule has 0 aliphatic carbocycles. The van der Waals surface area contributed by atoms with Gasteiger partial charge in [0.25, 0.3) is 0 Å². The molecule has 1 aromatic rings. The molecule has 0 aliphatic heterocycles. The molecule has 3 heteroatoms. The molecule has 0 bridgehead atoms. The zero-order chi connectivity index (χ0) is 10.4. The number of anilines is 1. The Balaban J connectivity index is 2.68. The number of nitrogens with one attached hydrogen (secondary N) is 1. The van der Waals surface area contributed by atoms with Crippen molar-refractivity contribution in [1.29, 1.82) is 0 Å². The second-order valence-corrected chi connectivity index (χ2v) is 2.73. The van der Waals surface area contributed by atoms with Gasteiger partial charge in [-0.1, -0.05) is 12.1 Å². The predicted octanol–water partition coefficient (Wildman–Crippen LogP) is 1.91. The van der Waals surface area contributed by atoms with Crippen molar-refractivity contribution >= 4 is 17.7 Å². The smallest absolute Gasteiger partial charge is 0.330 e. The molecule has 0 amide bonds. The third-order valence-corrected chi connectivity index (χ3v) is 1.81. The minimum absolute atomic E-state index is 0.345. The van der Waals surface area contributed by atoms with Crippen LogP contribution in [0, 0.1) is 0 Å². The van der Waals surface area contributed by atoms with Crippen molar-refractivity contribution in [2.75, 3.05) is 19.5 Å². The zero-order valence-corrected chi connectivity index (χ0v) is 8.28. The summed E-state index contributed by atoms with van der Waals surface area (Å²) in [6.45, 7) is 0. The lowest BCUT2D eigenvalue weighted by Crippen LogP contribution is -1.93. The van der Waals surface area contributed by atoms with Crippen molar-refractivity contribution in [3.05, 3.63) is 35.9 Å². The largest absolute Gasteiger partial charge is 0.466 e. The molecule has 0 aliphatic rings. The number of carbonyl (C=O) groups is 1. The second kappa shape index (κ2) is 5.07. The summed E-state index contributed by atoms with van der Waals surface area (Å²) in [5.74, 6) is -0.345. The Labute approximate surface area is 83.4 Å². The SMILES string of the molecule is CNc1ccc(/C=C/C(=O)OC)cc1. The highest BCUT2D eigenvalue weighted by atomic mass is 16.5. The van der Waals surface area contributed by atoms with E-state index in [1.54, 1.807) is 6.08 Å². The Bertz CT molecular complexity index is 328. The minimum atomic E-state index is -0.345. The molecule has 1 aromatic carbocycles. The average Bonchev–Trinajstić information content (AvgIpc) is 2.26. The Morgan fingerprint density at radius 1 is 1.36 bits per heavy atom. The van der Waals surface area contributed by atoms with Gasteiger partial charge in [-0.05, 0) is 23.8 Å². The Kier molecular flexibility index (Phi) is 3.73. The average molecular weight is 191 g/mol. The van der Waals surface area contributed by atoms with Crippen molar-refractivity contribution in [2.45, 2.75) is 0 Å². The molecule has 14 heavy (non-hydrogen) atoms. The van der Waals surface area contributed by atoms with Crippen LogP contribution in [0.3, 0.4) is 0 Å². The highest BCUT2D eigenvalue weighted by Gasteiger charge is 1.92. The van der Waals surface area contributed by atoms with E-state index in [0.29, 0.717) is 0 Å². The zero-order valence-electron chi connectivity index (χ0n) is 8.28. The van der Waals surface area contributed by atoms with Crippen LogP contribution in [0.2, 0.25) is 0 Å². The monoisotopic (exact) mass is 191 g/mol. The first-order valence-corrected chi connectivity index (χ1v) is 4.30. The summed E-state index contributed by atoms with van der Waals surface area (Å²) >= 11 is 0. The molecule has 0 heterocycles. The van der Waals surface area contributed by atoms with Gasteiger partial charge in [0.15, 0.2) is 0 Å². The van der Waals surface area contributed by atoms with Crippen LogP contribution in [0.25, 0.3) is 6.08 Å². The summed E-state index contributed by atoms with van der Waals surface area (Å²) in [6.07, 6.45) is 3.11. The third kappa shape index (κ3) is 2.94. The number of hydrogen-bond donors (Lipinski definition) is 1. The summed E-state index contributed by atoms with van der Waals surface area (Å²) in [6, 6.07) is 7.73. The molecule has 0 spiro atoms. The first-order chi connectivity index (χ1) is 6.76. The van der Waals surface area contributed by atoms with Crippen LogP contribution in [0.4, 0.5) is 5.69 Å². The van der Waals surface area contributed by atoms with Gasteiger partial charge in [0.1, 0.15) is 0 Å². The van der Waals surface area contributed by atoms with E-state index in [1.807, 2.05) is 31.3 Å². The second-order valence-electron chi connectivity index (χ2n) is 2.73. The van der Waals surface area contributed by atoms with Crippen molar-refractivity contribution in [3.8, 4) is 0 Å². The maximum Gasteiger partial charge on any atom is 0.330 e. The molecule has 1 N–H and O–H groups in total. The Hall–Kier alpha value is -1.77. The molecule has 0 unspecified atom stereocenters. The van der Waals surface area contributed by atoms with Gasteiger partial charge in [0.2, 0.25) is 0 Å². The van der Waals surface area contributed by atoms with E-state index in [9.17, 15) is 4.79 Å². The Morgan fingerprint density at radius 2 is 2.00 bits per heavy atom. The molecule has 0 atom stereocenters. The van der Waals surface area contributed by atoms with Crippen molar-refractivity contribution < 1.29 is 9.53 Å². The van der Waals surface area contributed by atoms with Crippen LogP contribution in [-0.4, -0.2) is 20.1 Å². The van der Waals surface area contributed by atoms with Crippen LogP contribution in [0.1, 0.15) is 5.56 Å². The number of methoxy groups -OCH3 is 1. The van der Waals surface area contributed by atoms with Crippen molar-refractivity contribution in [1.82, 2.24) is 0 Å². The molecule has 0 radical (unpaired) electrons. The van der Waals surface area contributed by atoms with Crippen LogP contribution in [-0.2, 0) is 9.53 Å². The lowest BCUT2D eigenvalue weighted by molar-refractivity contribution is -0.134. The summed E-state index contributed by atoms with van der Waals surface area (Å²) in [4.78, 5) is 10.8. The quantitative estimate of drug-likeness (QED) is 0.586. The first kappa shape index (κ1) is 10.3. The standard InChI is InChI=1S/C11H13NO2/c1-12-10-6-3-9(4-7-10)5-8-11(13)14-2/h3-8,12H,1-2H3/b8-5+. The van der Waals surface area contributed by atoms with E-state index in [2.05, 4.69) is 10.1 Å². The van der Waals surface area contributed by atoms with Gasteiger partial charge in [0.05, 0.1) is 7.11 Å².